The van der Waals surface area contributed by atoms with Gasteiger partial charge in [0, 0.05) is 24.0 Å². The minimum Gasteiger partial charge on any atom is -0.311 e. The van der Waals surface area contributed by atoms with Crippen molar-refractivity contribution < 1.29 is 13.6 Å². The molecule has 1 aromatic carbocycles. The molecule has 0 fully saturated rings. The van der Waals surface area contributed by atoms with Crippen molar-refractivity contribution in [3.63, 3.8) is 0 Å². The Balaban J connectivity index is 2.10. The molecular formula is C12H9F2N3O. The first-order valence-corrected chi connectivity index (χ1v) is 5.43. The topological polar surface area (TPSA) is 57.8 Å². The summed E-state index contributed by atoms with van der Waals surface area (Å²) in [6, 6.07) is 3.37. The van der Waals surface area contributed by atoms with E-state index in [1.165, 1.54) is 12.1 Å². The van der Waals surface area contributed by atoms with Gasteiger partial charge in [0.2, 0.25) is 5.91 Å². The summed E-state index contributed by atoms with van der Waals surface area (Å²) in [6.07, 6.45) is 1.66. The van der Waals surface area contributed by atoms with Crippen LogP contribution < -0.4 is 5.32 Å². The Hall–Kier alpha value is -2.24. The average Bonchev–Trinajstić information content (AvgIpc) is 2.76. The summed E-state index contributed by atoms with van der Waals surface area (Å²) < 4.78 is 26.6. The van der Waals surface area contributed by atoms with Crippen LogP contribution in [-0.4, -0.2) is 16.1 Å². The molecule has 0 aliphatic carbocycles. The standard InChI is InChI=1S/C12H9F2N3O/c13-6-1-2-7(10(14)3-6)8-4-11(18)16-12-9(8)5-15-17-12/h1-3,5,8H,4H2,(H2,15,16,17,18). The van der Waals surface area contributed by atoms with E-state index in [1.807, 2.05) is 0 Å². The number of aromatic nitrogens is 2. The van der Waals surface area contributed by atoms with E-state index in [1.54, 1.807) is 6.20 Å². The van der Waals surface area contributed by atoms with Gasteiger partial charge in [-0.05, 0) is 11.6 Å². The highest BCUT2D eigenvalue weighted by molar-refractivity contribution is 5.94. The number of nitrogens with zero attached hydrogens (tertiary/aromatic N) is 1. The normalized spacial score (nSPS) is 18.3. The summed E-state index contributed by atoms with van der Waals surface area (Å²) in [7, 11) is 0. The highest BCUT2D eigenvalue weighted by Gasteiger charge is 2.29. The second-order valence-corrected chi connectivity index (χ2v) is 4.17. The quantitative estimate of drug-likeness (QED) is 0.813. The molecule has 1 atom stereocenters. The molecule has 18 heavy (non-hydrogen) atoms. The molecule has 1 aromatic heterocycles. The van der Waals surface area contributed by atoms with Crippen LogP contribution in [0, 0.1) is 11.6 Å². The van der Waals surface area contributed by atoms with Gasteiger partial charge in [0.15, 0.2) is 0 Å². The van der Waals surface area contributed by atoms with Gasteiger partial charge in [-0.3, -0.25) is 9.89 Å². The van der Waals surface area contributed by atoms with Crippen LogP contribution in [0.4, 0.5) is 14.6 Å². The number of carbonyl (C=O) groups is 1. The maximum atomic E-state index is 13.8. The Morgan fingerprint density at radius 1 is 1.28 bits per heavy atom. The number of benzene rings is 1. The molecule has 1 unspecified atom stereocenters. The first kappa shape index (κ1) is 10.9. The summed E-state index contributed by atoms with van der Waals surface area (Å²) in [5.74, 6) is -1.47. The first-order chi connectivity index (χ1) is 8.65. The molecule has 0 spiro atoms. The number of H-pyrrole nitrogens is 1. The third-order valence-electron chi connectivity index (χ3n) is 3.04. The van der Waals surface area contributed by atoms with Gasteiger partial charge in [0.25, 0.3) is 0 Å². The minimum absolute atomic E-state index is 0.120. The van der Waals surface area contributed by atoms with E-state index in [9.17, 15) is 13.6 Å². The van der Waals surface area contributed by atoms with E-state index < -0.39 is 17.6 Å². The molecule has 1 amide bonds. The highest BCUT2D eigenvalue weighted by atomic mass is 19.1. The smallest absolute Gasteiger partial charge is 0.226 e. The summed E-state index contributed by atoms with van der Waals surface area (Å²) in [6.45, 7) is 0. The van der Waals surface area contributed by atoms with Gasteiger partial charge in [-0.1, -0.05) is 6.07 Å². The zero-order chi connectivity index (χ0) is 12.7. The van der Waals surface area contributed by atoms with Gasteiger partial charge < -0.3 is 5.32 Å². The molecule has 2 heterocycles. The number of nitrogens with one attached hydrogen (secondary N) is 2. The average molecular weight is 249 g/mol. The molecule has 0 radical (unpaired) electrons. The van der Waals surface area contributed by atoms with Crippen molar-refractivity contribution in [2.75, 3.05) is 5.32 Å². The Labute approximate surface area is 101 Å². The maximum Gasteiger partial charge on any atom is 0.226 e. The third-order valence-corrected chi connectivity index (χ3v) is 3.04. The fourth-order valence-electron chi connectivity index (χ4n) is 2.21. The predicted molar refractivity (Wildman–Crippen MR) is 60.0 cm³/mol. The summed E-state index contributed by atoms with van der Waals surface area (Å²) in [4.78, 5) is 11.5. The van der Waals surface area contributed by atoms with Crippen molar-refractivity contribution in [3.05, 3.63) is 47.2 Å². The highest BCUT2D eigenvalue weighted by Crippen LogP contribution is 2.36. The number of anilines is 1. The molecule has 92 valence electrons. The van der Waals surface area contributed by atoms with Crippen LogP contribution in [0.1, 0.15) is 23.5 Å². The Kier molecular flexibility index (Phi) is 2.36. The SMILES string of the molecule is O=C1CC(c2ccc(F)cc2F)c2cn[nH]c2N1. The van der Waals surface area contributed by atoms with E-state index in [0.717, 1.165) is 6.07 Å². The molecule has 2 N–H and O–H groups in total. The van der Waals surface area contributed by atoms with E-state index in [0.29, 0.717) is 16.9 Å². The summed E-state index contributed by atoms with van der Waals surface area (Å²) >= 11 is 0. The molecule has 4 nitrogen and oxygen atoms in total. The van der Waals surface area contributed by atoms with E-state index in [4.69, 9.17) is 0 Å². The van der Waals surface area contributed by atoms with Gasteiger partial charge in [-0.25, -0.2) is 8.78 Å². The second kappa shape index (κ2) is 3.90. The van der Waals surface area contributed by atoms with Crippen LogP contribution in [-0.2, 0) is 4.79 Å². The molecule has 6 heteroatoms. The number of rotatable bonds is 1. The van der Waals surface area contributed by atoms with Gasteiger partial charge in [0.1, 0.15) is 17.5 Å². The van der Waals surface area contributed by atoms with Gasteiger partial charge >= 0.3 is 0 Å². The van der Waals surface area contributed by atoms with Crippen LogP contribution >= 0.6 is 0 Å². The fraction of sp³-hybridized carbons (Fsp3) is 0.167. The minimum atomic E-state index is -0.651. The predicted octanol–water partition coefficient (Wildman–Crippen LogP) is 2.16. The maximum absolute atomic E-state index is 13.8. The van der Waals surface area contributed by atoms with Crippen molar-refractivity contribution in [2.24, 2.45) is 0 Å². The van der Waals surface area contributed by atoms with Crippen LogP contribution in [0.15, 0.2) is 24.4 Å². The van der Waals surface area contributed by atoms with Crippen LogP contribution in [0.2, 0.25) is 0 Å². The van der Waals surface area contributed by atoms with Crippen molar-refractivity contribution in [2.45, 2.75) is 12.3 Å². The number of hydrogen-bond donors (Lipinski definition) is 2. The summed E-state index contributed by atoms with van der Waals surface area (Å²) in [5, 5.41) is 9.08. The lowest BCUT2D eigenvalue weighted by Gasteiger charge is -2.22. The molecule has 1 aliphatic heterocycles. The Bertz CT molecular complexity index is 624. The molecule has 1 aliphatic rings. The number of aromatic amines is 1. The number of fused-ring (bicyclic) bond motifs is 1. The largest absolute Gasteiger partial charge is 0.311 e. The van der Waals surface area contributed by atoms with Crippen molar-refractivity contribution in [1.29, 1.82) is 0 Å². The molecule has 3 rings (SSSR count). The van der Waals surface area contributed by atoms with Gasteiger partial charge in [0.05, 0.1) is 6.20 Å². The van der Waals surface area contributed by atoms with E-state index >= 15 is 0 Å². The zero-order valence-electron chi connectivity index (χ0n) is 9.21. The Morgan fingerprint density at radius 3 is 2.89 bits per heavy atom. The first-order valence-electron chi connectivity index (χ1n) is 5.43. The van der Waals surface area contributed by atoms with E-state index in [2.05, 4.69) is 15.5 Å². The van der Waals surface area contributed by atoms with Crippen LogP contribution in [0.3, 0.4) is 0 Å². The van der Waals surface area contributed by atoms with Crippen molar-refractivity contribution in [1.82, 2.24) is 10.2 Å². The van der Waals surface area contributed by atoms with Gasteiger partial charge in [-0.15, -0.1) is 0 Å². The lowest BCUT2D eigenvalue weighted by Crippen LogP contribution is -2.23. The molecule has 2 aromatic rings. The van der Waals surface area contributed by atoms with Crippen LogP contribution in [0.5, 0.6) is 0 Å². The molecule has 0 saturated heterocycles. The van der Waals surface area contributed by atoms with Gasteiger partial charge in [-0.2, -0.15) is 5.10 Å². The lowest BCUT2D eigenvalue weighted by molar-refractivity contribution is -0.116. The molecule has 0 saturated carbocycles. The van der Waals surface area contributed by atoms with Crippen molar-refractivity contribution >= 4 is 11.7 Å². The van der Waals surface area contributed by atoms with E-state index in [-0.39, 0.29) is 12.3 Å². The van der Waals surface area contributed by atoms with Crippen LogP contribution in [0.25, 0.3) is 0 Å². The monoisotopic (exact) mass is 249 g/mol. The van der Waals surface area contributed by atoms with Crippen molar-refractivity contribution in [3.8, 4) is 0 Å². The third kappa shape index (κ3) is 1.66. The molecular weight excluding hydrogens is 240 g/mol. The number of hydrogen-bond acceptors (Lipinski definition) is 2. The number of carbonyl (C=O) groups excluding carboxylic acids is 1. The second-order valence-electron chi connectivity index (χ2n) is 4.17. The Morgan fingerprint density at radius 2 is 2.11 bits per heavy atom. The number of halogens is 2. The zero-order valence-corrected chi connectivity index (χ0v) is 9.21. The lowest BCUT2D eigenvalue weighted by atomic mass is 9.87. The fourth-order valence-corrected chi connectivity index (χ4v) is 2.21. The number of amides is 1. The molecule has 0 bridgehead atoms. The summed E-state index contributed by atoms with van der Waals surface area (Å²) in [5.41, 5.74) is 1.01.